The molecule has 2 aromatic heterocycles. The number of aliphatic hydroxyl groups excluding tert-OH is 1. The number of aliphatic hydroxyl groups is 3. The van der Waals surface area contributed by atoms with Crippen molar-refractivity contribution in [1.29, 1.82) is 0 Å². The number of rotatable bonds is 10. The van der Waals surface area contributed by atoms with Crippen molar-refractivity contribution in [3.05, 3.63) is 42.2 Å². The Kier molecular flexibility index (Phi) is 7.94. The van der Waals surface area contributed by atoms with Crippen LogP contribution in [0.3, 0.4) is 0 Å². The minimum Gasteiger partial charge on any atom is -0.383 e. The highest BCUT2D eigenvalue weighted by molar-refractivity contribution is 7.70. The van der Waals surface area contributed by atoms with Crippen LogP contribution >= 0.6 is 15.2 Å². The predicted molar refractivity (Wildman–Crippen MR) is 133 cm³/mol. The Morgan fingerprint density at radius 2 is 1.84 bits per heavy atom. The largest absolute Gasteiger partial charge is 0.383 e. The highest BCUT2D eigenvalue weighted by Crippen LogP contribution is 2.55. The number of hydrogen-bond donors (Lipinski definition) is 7. The van der Waals surface area contributed by atoms with Crippen LogP contribution in [0.25, 0.3) is 11.2 Å². The lowest BCUT2D eigenvalue weighted by molar-refractivity contribution is -0.234. The number of imidazole rings is 1. The van der Waals surface area contributed by atoms with Gasteiger partial charge in [-0.05, 0) is 5.56 Å². The molecule has 3 aromatic rings. The SMILES string of the molecule is CN(C)c1nc(NCc2ccccc2)c2ncn([C@@H]3O[C@H](COP(=O)(O)CP(=O)(O)O)C(O)(O)[C@H]3O)c2n1. The summed E-state index contributed by atoms with van der Waals surface area (Å²) in [5, 5.41) is 34.9. The molecule has 1 fully saturated rings. The smallest absolute Gasteiger partial charge is 0.340 e. The van der Waals surface area contributed by atoms with Crippen molar-refractivity contribution in [3.63, 3.8) is 0 Å². The van der Waals surface area contributed by atoms with E-state index in [9.17, 15) is 29.3 Å². The molecule has 0 bridgehead atoms. The summed E-state index contributed by atoms with van der Waals surface area (Å²) < 4.78 is 34.5. The van der Waals surface area contributed by atoms with Crippen LogP contribution in [0, 0.1) is 0 Å². The van der Waals surface area contributed by atoms with Gasteiger partial charge in [0.15, 0.2) is 35.2 Å². The van der Waals surface area contributed by atoms with E-state index in [2.05, 4.69) is 24.8 Å². The topological polar surface area (TPSA) is 233 Å². The van der Waals surface area contributed by atoms with Crippen LogP contribution in [-0.2, 0) is 24.9 Å². The van der Waals surface area contributed by atoms with E-state index in [0.717, 1.165) is 5.56 Å². The fourth-order valence-corrected chi connectivity index (χ4v) is 6.33. The molecular weight excluding hydrogens is 546 g/mol. The molecule has 4 atom stereocenters. The molecule has 0 spiro atoms. The van der Waals surface area contributed by atoms with Gasteiger partial charge >= 0.3 is 15.2 Å². The summed E-state index contributed by atoms with van der Waals surface area (Å²) in [6.45, 7) is -0.552. The average molecular weight is 574 g/mol. The maximum absolute atomic E-state index is 12.0. The Balaban J connectivity index is 1.62. The molecule has 4 rings (SSSR count). The van der Waals surface area contributed by atoms with Gasteiger partial charge in [0.2, 0.25) is 11.7 Å². The number of nitrogens with one attached hydrogen (secondary N) is 1. The van der Waals surface area contributed by atoms with Crippen molar-refractivity contribution < 1.29 is 48.4 Å². The fourth-order valence-electron chi connectivity index (χ4n) is 3.78. The van der Waals surface area contributed by atoms with E-state index in [1.54, 1.807) is 19.0 Å². The molecule has 0 aliphatic carbocycles. The minimum atomic E-state index is -4.91. The van der Waals surface area contributed by atoms with Gasteiger partial charge in [-0.15, -0.1) is 0 Å². The minimum absolute atomic E-state index is 0.176. The van der Waals surface area contributed by atoms with E-state index >= 15 is 0 Å². The Morgan fingerprint density at radius 3 is 2.47 bits per heavy atom. The molecule has 16 nitrogen and oxygen atoms in total. The number of fused-ring (bicyclic) bond motifs is 1. The van der Waals surface area contributed by atoms with Crippen molar-refractivity contribution >= 4 is 38.1 Å². The van der Waals surface area contributed by atoms with E-state index in [1.807, 2.05) is 30.3 Å². The summed E-state index contributed by atoms with van der Waals surface area (Å²) >= 11 is 0. The molecule has 1 aliphatic rings. The van der Waals surface area contributed by atoms with Crippen molar-refractivity contribution in [3.8, 4) is 0 Å². The number of aromatic nitrogens is 4. The fraction of sp³-hybridized carbons (Fsp3) is 0.450. The molecular formula is C20H28N6O10P2. The highest BCUT2D eigenvalue weighted by atomic mass is 31.2. The van der Waals surface area contributed by atoms with Gasteiger partial charge in [0.25, 0.3) is 0 Å². The van der Waals surface area contributed by atoms with Gasteiger partial charge < -0.3 is 49.5 Å². The molecule has 208 valence electrons. The van der Waals surface area contributed by atoms with Crippen LogP contribution in [0.15, 0.2) is 36.7 Å². The van der Waals surface area contributed by atoms with Crippen LogP contribution in [0.5, 0.6) is 0 Å². The maximum Gasteiger partial charge on any atom is 0.340 e. The lowest BCUT2D eigenvalue weighted by Gasteiger charge is -2.25. The first-order valence-electron chi connectivity index (χ1n) is 11.2. The van der Waals surface area contributed by atoms with Crippen LogP contribution in [-0.4, -0.2) is 94.1 Å². The van der Waals surface area contributed by atoms with Gasteiger partial charge in [-0.2, -0.15) is 9.97 Å². The summed E-state index contributed by atoms with van der Waals surface area (Å²) in [5.41, 5.74) is 1.45. The lowest BCUT2D eigenvalue weighted by Crippen LogP contribution is -2.49. The second kappa shape index (κ2) is 10.6. The summed E-state index contributed by atoms with van der Waals surface area (Å²) in [6.07, 6.45) is -3.99. The Morgan fingerprint density at radius 1 is 1.16 bits per heavy atom. The van der Waals surface area contributed by atoms with E-state index in [1.165, 1.54) is 10.9 Å². The summed E-state index contributed by atoms with van der Waals surface area (Å²) in [7, 11) is -6.29. The Bertz CT molecular complexity index is 1380. The molecule has 7 N–H and O–H groups in total. The standard InChI is InChI=1S/C20H28N6O10P2/c1-25(2)19-23-16(21-8-12-6-4-3-5-7-12)14-17(24-19)26(10-22-14)18-15(27)20(28,29)13(36-18)9-35-38(33,34)11-37(30,31)32/h3-7,10,13,15,18,27-29H,8-9,11H2,1-2H3,(H,33,34)(H,21,23,24)(H2,30,31,32)/t13-,15+,18-/m1/s1. The first kappa shape index (κ1) is 28.5. The Labute approximate surface area is 216 Å². The zero-order valence-electron chi connectivity index (χ0n) is 20.3. The van der Waals surface area contributed by atoms with E-state index in [0.29, 0.717) is 17.9 Å². The third kappa shape index (κ3) is 6.21. The first-order valence-corrected chi connectivity index (χ1v) is 14.7. The molecule has 1 saturated heterocycles. The van der Waals surface area contributed by atoms with Gasteiger partial charge in [-0.3, -0.25) is 13.7 Å². The van der Waals surface area contributed by atoms with Crippen molar-refractivity contribution in [1.82, 2.24) is 19.5 Å². The van der Waals surface area contributed by atoms with E-state index in [-0.39, 0.29) is 11.6 Å². The highest BCUT2D eigenvalue weighted by Gasteiger charge is 2.56. The second-order valence-electron chi connectivity index (χ2n) is 8.91. The molecule has 0 saturated carbocycles. The van der Waals surface area contributed by atoms with E-state index < -0.39 is 51.9 Å². The van der Waals surface area contributed by atoms with Gasteiger partial charge in [0.1, 0.15) is 6.10 Å². The normalized spacial score (nSPS) is 22.9. The van der Waals surface area contributed by atoms with Crippen molar-refractivity contribution in [2.75, 3.05) is 36.8 Å². The van der Waals surface area contributed by atoms with Crippen LogP contribution < -0.4 is 10.2 Å². The third-order valence-electron chi connectivity index (χ3n) is 5.66. The Hall–Kier alpha value is -2.49. The molecule has 18 heteroatoms. The molecule has 0 radical (unpaired) electrons. The third-order valence-corrected chi connectivity index (χ3v) is 9.12. The molecule has 38 heavy (non-hydrogen) atoms. The van der Waals surface area contributed by atoms with Gasteiger partial charge in [0, 0.05) is 20.6 Å². The average Bonchev–Trinajstić information content (AvgIpc) is 3.33. The summed E-state index contributed by atoms with van der Waals surface area (Å²) in [5.74, 6) is -3.79. The summed E-state index contributed by atoms with van der Waals surface area (Å²) in [6, 6.07) is 9.53. The maximum atomic E-state index is 12.0. The monoisotopic (exact) mass is 574 g/mol. The van der Waals surface area contributed by atoms with Gasteiger partial charge in [-0.1, -0.05) is 30.3 Å². The van der Waals surface area contributed by atoms with E-state index in [4.69, 9.17) is 14.5 Å². The molecule has 3 heterocycles. The lowest BCUT2D eigenvalue weighted by atomic mass is 10.1. The predicted octanol–water partition coefficient (Wildman–Crippen LogP) is -0.219. The van der Waals surface area contributed by atoms with Crippen LogP contribution in [0.1, 0.15) is 11.8 Å². The van der Waals surface area contributed by atoms with Gasteiger partial charge in [0.05, 0.1) is 12.9 Å². The molecule has 1 aromatic carbocycles. The number of anilines is 2. The number of nitrogens with zero attached hydrogens (tertiary/aromatic N) is 5. The van der Waals surface area contributed by atoms with Crippen molar-refractivity contribution in [2.45, 2.75) is 30.8 Å². The molecule has 1 aliphatic heterocycles. The zero-order valence-corrected chi connectivity index (χ0v) is 22.1. The van der Waals surface area contributed by atoms with Crippen LogP contribution in [0.4, 0.5) is 11.8 Å². The van der Waals surface area contributed by atoms with Crippen LogP contribution in [0.2, 0.25) is 0 Å². The summed E-state index contributed by atoms with van der Waals surface area (Å²) in [4.78, 5) is 42.5. The van der Waals surface area contributed by atoms with Crippen molar-refractivity contribution in [2.24, 2.45) is 0 Å². The zero-order chi connectivity index (χ0) is 27.9. The second-order valence-corrected chi connectivity index (χ2v) is 12.9. The number of ether oxygens (including phenoxy) is 1. The number of hydrogen-bond acceptors (Lipinski definition) is 12. The quantitative estimate of drug-likeness (QED) is 0.122. The van der Waals surface area contributed by atoms with Gasteiger partial charge in [-0.25, -0.2) is 4.98 Å². The number of benzene rings is 1. The molecule has 0 amide bonds. The molecule has 1 unspecified atom stereocenters. The first-order chi connectivity index (χ1) is 17.7.